The van der Waals surface area contributed by atoms with E-state index in [0.29, 0.717) is 33.7 Å². The summed E-state index contributed by atoms with van der Waals surface area (Å²) in [4.78, 5) is 17.0. The second-order valence-corrected chi connectivity index (χ2v) is 7.43. The van der Waals surface area contributed by atoms with E-state index >= 15 is 0 Å². The van der Waals surface area contributed by atoms with E-state index in [1.165, 1.54) is 44.8 Å². The van der Waals surface area contributed by atoms with Gasteiger partial charge < -0.3 is 23.4 Å². The summed E-state index contributed by atoms with van der Waals surface area (Å²) in [5, 5.41) is 10.1. The van der Waals surface area contributed by atoms with Gasteiger partial charge in [0.1, 0.15) is 0 Å². The first-order valence-corrected chi connectivity index (χ1v) is 10.4. The molecule has 0 spiro atoms. The molecule has 12 heteroatoms. The third-order valence-electron chi connectivity index (χ3n) is 4.35. The molecular weight excluding hydrogens is 460 g/mol. The van der Waals surface area contributed by atoms with Crippen LogP contribution < -0.4 is 14.2 Å². The van der Waals surface area contributed by atoms with Crippen molar-refractivity contribution in [1.29, 1.82) is 0 Å². The Morgan fingerprint density at radius 2 is 1.94 bits per heavy atom. The number of ether oxygens (including phenoxy) is 4. The molecule has 4 aromatic rings. The normalized spacial score (nSPS) is 11.2. The van der Waals surface area contributed by atoms with Gasteiger partial charge in [-0.2, -0.15) is 0 Å². The van der Waals surface area contributed by atoms with E-state index in [1.807, 2.05) is 11.6 Å². The molecule has 0 fully saturated rings. The molecule has 3 heterocycles. The number of thiazole rings is 1. The fourth-order valence-corrected chi connectivity index (χ4v) is 3.89. The number of methoxy groups -OCH3 is 3. The number of fused-ring (bicyclic) bond motifs is 1. The van der Waals surface area contributed by atoms with Crippen molar-refractivity contribution in [3.8, 4) is 28.7 Å². The number of hydrogen-bond acceptors (Lipinski definition) is 10. The van der Waals surface area contributed by atoms with E-state index in [1.54, 1.807) is 16.5 Å². The Balaban J connectivity index is 1.44. The lowest BCUT2D eigenvalue weighted by atomic mass is 10.2. The molecule has 0 saturated carbocycles. The van der Waals surface area contributed by atoms with Gasteiger partial charge in [-0.05, 0) is 18.2 Å². The van der Waals surface area contributed by atoms with Crippen molar-refractivity contribution in [2.75, 3.05) is 21.3 Å². The number of halogens is 1. The van der Waals surface area contributed by atoms with Gasteiger partial charge in [0.05, 0.1) is 27.0 Å². The molecule has 0 aliphatic heterocycles. The van der Waals surface area contributed by atoms with Crippen LogP contribution in [0.15, 0.2) is 34.2 Å². The van der Waals surface area contributed by atoms with Crippen LogP contribution in [-0.4, -0.2) is 46.9 Å². The highest BCUT2D eigenvalue weighted by molar-refractivity contribution is 7.15. The number of hydrogen-bond donors (Lipinski definition) is 0. The van der Waals surface area contributed by atoms with Crippen LogP contribution in [0.4, 0.5) is 0 Å². The Hall–Kier alpha value is -3.57. The Kier molecular flexibility index (Phi) is 6.28. The van der Waals surface area contributed by atoms with E-state index in [-0.39, 0.29) is 18.4 Å². The minimum Gasteiger partial charge on any atom is -0.493 e. The van der Waals surface area contributed by atoms with Crippen LogP contribution in [0, 0.1) is 0 Å². The highest BCUT2D eigenvalue weighted by atomic mass is 35.5. The number of aromatic nitrogens is 4. The van der Waals surface area contributed by atoms with E-state index in [9.17, 15) is 4.79 Å². The molecule has 0 amide bonds. The van der Waals surface area contributed by atoms with Crippen molar-refractivity contribution < 1.29 is 28.2 Å². The zero-order chi connectivity index (χ0) is 22.7. The van der Waals surface area contributed by atoms with Crippen LogP contribution >= 0.6 is 22.9 Å². The van der Waals surface area contributed by atoms with Gasteiger partial charge in [0.15, 0.2) is 28.2 Å². The van der Waals surface area contributed by atoms with Gasteiger partial charge in [0.25, 0.3) is 5.89 Å². The molecule has 0 unspecified atom stereocenters. The molecule has 0 bridgehead atoms. The quantitative estimate of drug-likeness (QED) is 0.276. The number of carbonyl (C=O) groups excluding carboxylic acids is 1. The van der Waals surface area contributed by atoms with Crippen molar-refractivity contribution >= 4 is 39.9 Å². The first-order chi connectivity index (χ1) is 15.5. The molecule has 0 aliphatic rings. The lowest BCUT2D eigenvalue weighted by Crippen LogP contribution is -2.01. The van der Waals surface area contributed by atoms with E-state index in [4.69, 9.17) is 35.0 Å². The van der Waals surface area contributed by atoms with Crippen LogP contribution in [0.2, 0.25) is 5.15 Å². The summed E-state index contributed by atoms with van der Waals surface area (Å²) in [5.41, 5.74) is 1.14. The lowest BCUT2D eigenvalue weighted by Gasteiger charge is -2.12. The minimum atomic E-state index is -0.598. The largest absolute Gasteiger partial charge is 0.493 e. The summed E-state index contributed by atoms with van der Waals surface area (Å²) in [5.74, 6) is 1.05. The zero-order valence-electron chi connectivity index (χ0n) is 17.2. The van der Waals surface area contributed by atoms with Crippen molar-refractivity contribution in [2.24, 2.45) is 0 Å². The van der Waals surface area contributed by atoms with E-state index in [2.05, 4.69) is 15.2 Å². The van der Waals surface area contributed by atoms with E-state index in [0.717, 1.165) is 4.96 Å². The van der Waals surface area contributed by atoms with Crippen LogP contribution in [-0.2, 0) is 16.1 Å². The Morgan fingerprint density at radius 1 is 1.19 bits per heavy atom. The molecule has 4 rings (SSSR count). The maximum atomic E-state index is 12.1. The van der Waals surface area contributed by atoms with Gasteiger partial charge in [-0.1, -0.05) is 11.6 Å². The fourth-order valence-electron chi connectivity index (χ4n) is 2.89. The summed E-state index contributed by atoms with van der Waals surface area (Å²) in [6.45, 7) is -0.200. The zero-order valence-corrected chi connectivity index (χ0v) is 18.8. The number of imidazole rings is 1. The summed E-state index contributed by atoms with van der Waals surface area (Å²) in [7, 11) is 4.53. The summed E-state index contributed by atoms with van der Waals surface area (Å²) in [6, 6.07) is 3.35. The highest BCUT2D eigenvalue weighted by Crippen LogP contribution is 2.40. The molecule has 0 saturated heterocycles. The molecule has 1 aromatic carbocycles. The Bertz CT molecular complexity index is 1270. The lowest BCUT2D eigenvalue weighted by molar-refractivity contribution is -0.139. The second-order valence-electron chi connectivity index (χ2n) is 6.20. The van der Waals surface area contributed by atoms with Gasteiger partial charge in [0.2, 0.25) is 11.6 Å². The van der Waals surface area contributed by atoms with Crippen LogP contribution in [0.5, 0.6) is 17.2 Å². The third-order valence-corrected chi connectivity index (χ3v) is 5.38. The van der Waals surface area contributed by atoms with Gasteiger partial charge in [-0.3, -0.25) is 4.40 Å². The average Bonchev–Trinajstić information content (AvgIpc) is 3.52. The minimum absolute atomic E-state index is 0.123. The molecule has 0 radical (unpaired) electrons. The molecular formula is C20H17ClN4O6S. The summed E-state index contributed by atoms with van der Waals surface area (Å²) >= 11 is 7.54. The Morgan fingerprint density at radius 3 is 2.62 bits per heavy atom. The molecule has 0 atom stereocenters. The standard InChI is InChI=1S/C20H17ClN4O6S/c1-27-13-8-11(9-14(28-2)17(13)29-3)19-24-23-15(31-19)10-30-16(26)5-4-12-18(21)22-20-25(12)6-7-32-20/h4-9H,10H2,1-3H3/b5-4+. The summed E-state index contributed by atoms with van der Waals surface area (Å²) < 4.78 is 28.5. The maximum absolute atomic E-state index is 12.1. The van der Waals surface area contributed by atoms with Gasteiger partial charge >= 0.3 is 5.97 Å². The van der Waals surface area contributed by atoms with E-state index < -0.39 is 5.97 Å². The van der Waals surface area contributed by atoms with Crippen molar-refractivity contribution in [3.05, 3.63) is 46.5 Å². The molecule has 166 valence electrons. The molecule has 32 heavy (non-hydrogen) atoms. The van der Waals surface area contributed by atoms with Crippen LogP contribution in [0.1, 0.15) is 11.6 Å². The van der Waals surface area contributed by atoms with Crippen LogP contribution in [0.3, 0.4) is 0 Å². The molecule has 0 N–H and O–H groups in total. The number of nitrogens with zero attached hydrogens (tertiary/aromatic N) is 4. The number of rotatable bonds is 8. The monoisotopic (exact) mass is 476 g/mol. The van der Waals surface area contributed by atoms with Crippen LogP contribution in [0.25, 0.3) is 22.5 Å². The predicted molar refractivity (Wildman–Crippen MR) is 116 cm³/mol. The predicted octanol–water partition coefficient (Wildman–Crippen LogP) is 3.88. The topological polar surface area (TPSA) is 110 Å². The SMILES string of the molecule is COc1cc(-c2nnc(COC(=O)/C=C/c3c(Cl)nc4sccn34)o2)cc(OC)c1OC. The van der Waals surface area contributed by atoms with Gasteiger partial charge in [-0.25, -0.2) is 9.78 Å². The van der Waals surface area contributed by atoms with Crippen molar-refractivity contribution in [1.82, 2.24) is 19.6 Å². The molecule has 10 nitrogen and oxygen atoms in total. The van der Waals surface area contributed by atoms with Crippen molar-refractivity contribution in [2.45, 2.75) is 6.61 Å². The first-order valence-electron chi connectivity index (χ1n) is 9.12. The van der Waals surface area contributed by atoms with Gasteiger partial charge in [-0.15, -0.1) is 21.5 Å². The maximum Gasteiger partial charge on any atom is 0.331 e. The van der Waals surface area contributed by atoms with Gasteiger partial charge in [0, 0.05) is 23.2 Å². The smallest absolute Gasteiger partial charge is 0.331 e. The molecule has 0 aliphatic carbocycles. The number of esters is 1. The summed E-state index contributed by atoms with van der Waals surface area (Å²) in [6.07, 6.45) is 4.60. The first kappa shape index (κ1) is 21.7. The Labute approximate surface area is 191 Å². The average molecular weight is 477 g/mol. The number of carbonyl (C=O) groups is 1. The molecule has 3 aromatic heterocycles. The fraction of sp³-hybridized carbons (Fsp3) is 0.200. The second kappa shape index (κ2) is 9.28. The number of benzene rings is 1. The third kappa shape index (κ3) is 4.25. The van der Waals surface area contributed by atoms with Crippen molar-refractivity contribution in [3.63, 3.8) is 0 Å². The highest BCUT2D eigenvalue weighted by Gasteiger charge is 2.18.